The summed E-state index contributed by atoms with van der Waals surface area (Å²) in [6.07, 6.45) is 2.69. The summed E-state index contributed by atoms with van der Waals surface area (Å²) in [6, 6.07) is 10.7. The van der Waals surface area contributed by atoms with Crippen LogP contribution in [0.25, 0.3) is 0 Å². The number of carbonyl (C=O) groups is 1. The molecule has 0 fully saturated rings. The number of halogens is 2. The molecule has 0 spiro atoms. The number of urea groups is 1. The fourth-order valence-electron chi connectivity index (χ4n) is 2.07. The maximum absolute atomic E-state index is 13.5. The number of anilines is 2. The van der Waals surface area contributed by atoms with Crippen LogP contribution in [-0.4, -0.2) is 16.0 Å². The fraction of sp³-hybridized carbons (Fsp3) is 0.0556. The number of hydrogen-bond acceptors (Lipinski definition) is 4. The Morgan fingerprint density at radius 3 is 2.54 bits per heavy atom. The summed E-state index contributed by atoms with van der Waals surface area (Å²) in [5.41, 5.74) is 1.81. The van der Waals surface area contributed by atoms with Gasteiger partial charge < -0.3 is 15.4 Å². The van der Waals surface area contributed by atoms with E-state index < -0.39 is 11.8 Å². The molecule has 132 valence electrons. The molecule has 3 rings (SSSR count). The molecule has 6 nitrogen and oxygen atoms in total. The molecule has 0 atom stereocenters. The normalized spacial score (nSPS) is 10.3. The zero-order valence-corrected chi connectivity index (χ0v) is 14.4. The molecule has 2 aromatic carbocycles. The van der Waals surface area contributed by atoms with E-state index in [4.69, 9.17) is 16.3 Å². The van der Waals surface area contributed by atoms with Gasteiger partial charge in [0.15, 0.2) is 11.6 Å². The number of rotatable bonds is 4. The fourth-order valence-corrected chi connectivity index (χ4v) is 2.35. The molecule has 1 heterocycles. The first-order valence-corrected chi connectivity index (χ1v) is 7.97. The van der Waals surface area contributed by atoms with Crippen molar-refractivity contribution in [3.05, 3.63) is 71.3 Å². The number of benzene rings is 2. The van der Waals surface area contributed by atoms with Crippen LogP contribution in [0.4, 0.5) is 20.6 Å². The van der Waals surface area contributed by atoms with Crippen molar-refractivity contribution in [3.63, 3.8) is 0 Å². The van der Waals surface area contributed by atoms with E-state index in [1.807, 2.05) is 13.0 Å². The van der Waals surface area contributed by atoms with Gasteiger partial charge >= 0.3 is 12.0 Å². The number of nitrogens with one attached hydrogen (secondary N) is 2. The van der Waals surface area contributed by atoms with Crippen LogP contribution in [0, 0.1) is 12.7 Å². The molecule has 1 aromatic heterocycles. The van der Waals surface area contributed by atoms with Crippen molar-refractivity contribution in [1.29, 1.82) is 0 Å². The third kappa shape index (κ3) is 4.46. The van der Waals surface area contributed by atoms with Crippen LogP contribution >= 0.6 is 11.6 Å². The molecule has 0 saturated carbocycles. The predicted octanol–water partition coefficient (Wildman–Crippen LogP) is 5.01. The molecule has 2 N–H and O–H groups in total. The smallest absolute Gasteiger partial charge is 0.323 e. The minimum absolute atomic E-state index is 0.0139. The molecule has 0 aliphatic heterocycles. The zero-order chi connectivity index (χ0) is 18.5. The maximum Gasteiger partial charge on any atom is 0.323 e. The van der Waals surface area contributed by atoms with Crippen LogP contribution in [0.15, 0.2) is 54.9 Å². The Labute approximate surface area is 154 Å². The molecule has 0 saturated heterocycles. The van der Waals surface area contributed by atoms with Crippen molar-refractivity contribution in [3.8, 4) is 11.8 Å². The first-order chi connectivity index (χ1) is 12.5. The SMILES string of the molecule is Cc1ccc(NC(=O)Nc2cnc(Oc3ccccc3F)nc2)c(Cl)c1. The minimum atomic E-state index is -0.521. The highest BCUT2D eigenvalue weighted by Gasteiger charge is 2.09. The van der Waals surface area contributed by atoms with Crippen LogP contribution < -0.4 is 15.4 Å². The van der Waals surface area contributed by atoms with Gasteiger partial charge in [0, 0.05) is 0 Å². The predicted molar refractivity (Wildman–Crippen MR) is 97.3 cm³/mol. The van der Waals surface area contributed by atoms with Gasteiger partial charge in [-0.2, -0.15) is 0 Å². The van der Waals surface area contributed by atoms with Crippen molar-refractivity contribution in [2.45, 2.75) is 6.92 Å². The van der Waals surface area contributed by atoms with E-state index in [1.54, 1.807) is 24.3 Å². The Kier molecular flexibility index (Phi) is 5.28. The van der Waals surface area contributed by atoms with Gasteiger partial charge in [0.25, 0.3) is 0 Å². The number of ether oxygens (including phenoxy) is 1. The van der Waals surface area contributed by atoms with Crippen molar-refractivity contribution < 1.29 is 13.9 Å². The zero-order valence-electron chi connectivity index (χ0n) is 13.7. The number of amides is 2. The second kappa shape index (κ2) is 7.79. The van der Waals surface area contributed by atoms with Gasteiger partial charge in [0.1, 0.15) is 0 Å². The Morgan fingerprint density at radius 2 is 1.85 bits per heavy atom. The summed E-state index contributed by atoms with van der Waals surface area (Å²) in [5, 5.41) is 5.64. The molecule has 8 heteroatoms. The number of hydrogen-bond donors (Lipinski definition) is 2. The summed E-state index contributed by atoms with van der Waals surface area (Å²) >= 11 is 6.07. The quantitative estimate of drug-likeness (QED) is 0.674. The first-order valence-electron chi connectivity index (χ1n) is 7.60. The molecule has 0 unspecified atom stereocenters. The molecule has 3 aromatic rings. The highest BCUT2D eigenvalue weighted by Crippen LogP contribution is 2.23. The van der Waals surface area contributed by atoms with E-state index in [2.05, 4.69) is 20.6 Å². The van der Waals surface area contributed by atoms with Crippen LogP contribution in [0.5, 0.6) is 11.8 Å². The molecule has 0 radical (unpaired) electrons. The van der Waals surface area contributed by atoms with Crippen LogP contribution in [0.3, 0.4) is 0 Å². The lowest BCUT2D eigenvalue weighted by atomic mass is 10.2. The van der Waals surface area contributed by atoms with Gasteiger partial charge in [-0.25, -0.2) is 19.2 Å². The van der Waals surface area contributed by atoms with E-state index in [1.165, 1.54) is 24.5 Å². The average Bonchev–Trinajstić information content (AvgIpc) is 2.61. The standard InChI is InChI=1S/C18H14ClFN4O2/c1-11-6-7-15(13(19)8-11)24-17(25)23-12-9-21-18(22-10-12)26-16-5-3-2-4-14(16)20/h2-10H,1H3,(H2,23,24,25). The van der Waals surface area contributed by atoms with E-state index in [9.17, 15) is 9.18 Å². The molecule has 2 amide bonds. The molecular weight excluding hydrogens is 359 g/mol. The van der Waals surface area contributed by atoms with Gasteiger partial charge in [-0.1, -0.05) is 29.8 Å². The third-order valence-corrected chi connectivity index (χ3v) is 3.61. The number of carbonyl (C=O) groups excluding carboxylic acids is 1. The number of aromatic nitrogens is 2. The topological polar surface area (TPSA) is 76.1 Å². The maximum atomic E-state index is 13.5. The van der Waals surface area contributed by atoms with Crippen molar-refractivity contribution in [1.82, 2.24) is 9.97 Å². The molecule has 26 heavy (non-hydrogen) atoms. The van der Waals surface area contributed by atoms with Gasteiger partial charge in [-0.3, -0.25) is 0 Å². The van der Waals surface area contributed by atoms with Crippen molar-refractivity contribution in [2.24, 2.45) is 0 Å². The van der Waals surface area contributed by atoms with Gasteiger partial charge in [-0.15, -0.1) is 0 Å². The average molecular weight is 373 g/mol. The summed E-state index contributed by atoms with van der Waals surface area (Å²) < 4.78 is 18.8. The van der Waals surface area contributed by atoms with E-state index in [-0.39, 0.29) is 11.8 Å². The second-order valence-corrected chi connectivity index (χ2v) is 5.76. The number of nitrogens with zero attached hydrogens (tertiary/aromatic N) is 2. The van der Waals surface area contributed by atoms with Gasteiger partial charge in [0.05, 0.1) is 28.8 Å². The lowest BCUT2D eigenvalue weighted by Gasteiger charge is -2.09. The highest BCUT2D eigenvalue weighted by molar-refractivity contribution is 6.33. The minimum Gasteiger partial charge on any atom is -0.421 e. The largest absolute Gasteiger partial charge is 0.421 e. The van der Waals surface area contributed by atoms with E-state index >= 15 is 0 Å². The Balaban J connectivity index is 1.62. The third-order valence-electron chi connectivity index (χ3n) is 3.30. The van der Waals surface area contributed by atoms with Crippen molar-refractivity contribution >= 4 is 29.0 Å². The Morgan fingerprint density at radius 1 is 1.12 bits per heavy atom. The Bertz CT molecular complexity index is 935. The van der Waals surface area contributed by atoms with Gasteiger partial charge in [-0.05, 0) is 36.8 Å². The summed E-state index contributed by atoms with van der Waals surface area (Å²) in [7, 11) is 0. The number of aryl methyl sites for hydroxylation is 1. The second-order valence-electron chi connectivity index (χ2n) is 5.35. The molecule has 0 bridgehead atoms. The summed E-state index contributed by atoms with van der Waals surface area (Å²) in [5.74, 6) is -0.507. The molecular formula is C18H14ClFN4O2. The molecule has 0 aliphatic carbocycles. The van der Waals surface area contributed by atoms with E-state index in [0.717, 1.165) is 5.56 Å². The lowest BCUT2D eigenvalue weighted by molar-refractivity contribution is 0.262. The lowest BCUT2D eigenvalue weighted by Crippen LogP contribution is -2.19. The van der Waals surface area contributed by atoms with E-state index in [0.29, 0.717) is 16.4 Å². The molecule has 0 aliphatic rings. The van der Waals surface area contributed by atoms with Crippen LogP contribution in [0.2, 0.25) is 5.02 Å². The van der Waals surface area contributed by atoms with Gasteiger partial charge in [0.2, 0.25) is 0 Å². The Hall–Kier alpha value is -3.19. The van der Waals surface area contributed by atoms with Crippen molar-refractivity contribution in [2.75, 3.05) is 10.6 Å². The van der Waals surface area contributed by atoms with Crippen LogP contribution in [0.1, 0.15) is 5.56 Å². The van der Waals surface area contributed by atoms with Crippen LogP contribution in [-0.2, 0) is 0 Å². The monoisotopic (exact) mass is 372 g/mol. The summed E-state index contributed by atoms with van der Waals surface area (Å²) in [6.45, 7) is 1.90. The summed E-state index contributed by atoms with van der Waals surface area (Å²) in [4.78, 5) is 19.9. The first kappa shape index (κ1) is 17.6. The highest BCUT2D eigenvalue weighted by atomic mass is 35.5. The number of para-hydroxylation sites is 1.